The first-order valence-corrected chi connectivity index (χ1v) is 11.2. The number of rotatable bonds is 4. The Bertz CT molecular complexity index is 1130. The van der Waals surface area contributed by atoms with Gasteiger partial charge in [0.1, 0.15) is 11.4 Å². The standard InChI is InChI=1S/C23H27F2N7O/c24-23(25)8-3-9-31(15-23)16-6-10-30(11-7-16)17-13-27-32(14-17)20-12-19(28-29-22(20)26)18-4-1-2-5-21(18)33/h1-2,4-5,12-14,16,33H,3,6-11,15H2,(H2,26,29). The lowest BCUT2D eigenvalue weighted by Crippen LogP contribution is -2.51. The Morgan fingerprint density at radius 2 is 1.88 bits per heavy atom. The number of anilines is 2. The summed E-state index contributed by atoms with van der Waals surface area (Å²) in [5, 5.41) is 22.8. The van der Waals surface area contributed by atoms with E-state index in [1.165, 1.54) is 0 Å². The Balaban J connectivity index is 1.29. The molecular formula is C23H27F2N7O. The molecule has 0 radical (unpaired) electrons. The second-order valence-corrected chi connectivity index (χ2v) is 8.81. The number of halogens is 2. The quantitative estimate of drug-likeness (QED) is 0.623. The molecule has 2 aliphatic rings. The van der Waals surface area contributed by atoms with E-state index >= 15 is 0 Å². The average Bonchev–Trinajstić information content (AvgIpc) is 3.29. The number of nitrogen functional groups attached to an aromatic ring is 1. The lowest BCUT2D eigenvalue weighted by Gasteiger charge is -2.42. The maximum absolute atomic E-state index is 13.8. The fourth-order valence-corrected chi connectivity index (χ4v) is 4.80. The van der Waals surface area contributed by atoms with Gasteiger partial charge in [-0.2, -0.15) is 5.10 Å². The molecule has 4 heterocycles. The van der Waals surface area contributed by atoms with Crippen LogP contribution in [0.5, 0.6) is 5.75 Å². The van der Waals surface area contributed by atoms with Crippen molar-refractivity contribution in [1.29, 1.82) is 0 Å². The molecular weight excluding hydrogens is 428 g/mol. The summed E-state index contributed by atoms with van der Waals surface area (Å²) in [6.07, 6.45) is 5.91. The summed E-state index contributed by atoms with van der Waals surface area (Å²) in [4.78, 5) is 4.19. The molecule has 2 saturated heterocycles. The first-order valence-electron chi connectivity index (χ1n) is 11.2. The molecule has 0 spiro atoms. The summed E-state index contributed by atoms with van der Waals surface area (Å²) in [6, 6.07) is 8.85. The van der Waals surface area contributed by atoms with E-state index in [0.29, 0.717) is 23.4 Å². The smallest absolute Gasteiger partial charge is 0.260 e. The Hall–Kier alpha value is -3.27. The number of likely N-dealkylation sites (tertiary alicyclic amines) is 1. The number of alkyl halides is 2. The summed E-state index contributed by atoms with van der Waals surface area (Å²) in [7, 11) is 0. The molecule has 0 bridgehead atoms. The summed E-state index contributed by atoms with van der Waals surface area (Å²) in [6.45, 7) is 2.20. The van der Waals surface area contributed by atoms with Crippen molar-refractivity contribution in [2.24, 2.45) is 0 Å². The van der Waals surface area contributed by atoms with E-state index in [9.17, 15) is 13.9 Å². The Morgan fingerprint density at radius 3 is 2.64 bits per heavy atom. The van der Waals surface area contributed by atoms with Crippen LogP contribution in [-0.2, 0) is 0 Å². The summed E-state index contributed by atoms with van der Waals surface area (Å²) >= 11 is 0. The summed E-state index contributed by atoms with van der Waals surface area (Å²) in [5.41, 5.74) is 8.64. The average molecular weight is 456 g/mol. The van der Waals surface area contributed by atoms with Gasteiger partial charge in [-0.3, -0.25) is 4.90 Å². The van der Waals surface area contributed by atoms with Crippen LogP contribution in [0.25, 0.3) is 16.9 Å². The van der Waals surface area contributed by atoms with Crippen molar-refractivity contribution < 1.29 is 13.9 Å². The predicted molar refractivity (Wildman–Crippen MR) is 122 cm³/mol. The first kappa shape index (κ1) is 21.6. The van der Waals surface area contributed by atoms with Crippen molar-refractivity contribution in [3.63, 3.8) is 0 Å². The number of hydrogen-bond acceptors (Lipinski definition) is 7. The third-order valence-electron chi connectivity index (χ3n) is 6.57. The molecule has 33 heavy (non-hydrogen) atoms. The van der Waals surface area contributed by atoms with E-state index in [4.69, 9.17) is 5.73 Å². The minimum Gasteiger partial charge on any atom is -0.507 e. The highest BCUT2D eigenvalue weighted by Gasteiger charge is 2.38. The van der Waals surface area contributed by atoms with Gasteiger partial charge in [-0.15, -0.1) is 10.2 Å². The Kier molecular flexibility index (Phi) is 5.61. The predicted octanol–water partition coefficient (Wildman–Crippen LogP) is 3.32. The minimum atomic E-state index is -2.57. The van der Waals surface area contributed by atoms with E-state index < -0.39 is 5.92 Å². The van der Waals surface area contributed by atoms with Crippen molar-refractivity contribution in [1.82, 2.24) is 24.9 Å². The van der Waals surface area contributed by atoms with Gasteiger partial charge in [-0.25, -0.2) is 13.5 Å². The maximum atomic E-state index is 13.8. The van der Waals surface area contributed by atoms with Crippen LogP contribution in [0.4, 0.5) is 20.3 Å². The molecule has 0 saturated carbocycles. The van der Waals surface area contributed by atoms with Gasteiger partial charge in [-0.05, 0) is 44.0 Å². The second kappa shape index (κ2) is 8.58. The van der Waals surface area contributed by atoms with Gasteiger partial charge >= 0.3 is 0 Å². The molecule has 0 atom stereocenters. The van der Waals surface area contributed by atoms with Crippen LogP contribution >= 0.6 is 0 Å². The van der Waals surface area contributed by atoms with E-state index in [1.807, 2.05) is 17.2 Å². The largest absolute Gasteiger partial charge is 0.507 e. The zero-order valence-electron chi connectivity index (χ0n) is 18.2. The number of para-hydroxylation sites is 1. The highest BCUT2D eigenvalue weighted by atomic mass is 19.3. The van der Waals surface area contributed by atoms with Crippen LogP contribution < -0.4 is 10.6 Å². The molecule has 0 unspecified atom stereocenters. The Labute approximate surface area is 190 Å². The van der Waals surface area contributed by atoms with Crippen LogP contribution in [-0.4, -0.2) is 68.1 Å². The van der Waals surface area contributed by atoms with E-state index in [-0.39, 0.29) is 30.6 Å². The molecule has 3 aromatic rings. The number of nitrogens with two attached hydrogens (primary N) is 1. The normalized spacial score (nSPS) is 19.6. The van der Waals surface area contributed by atoms with Crippen molar-refractivity contribution in [3.8, 4) is 22.7 Å². The number of aromatic nitrogens is 4. The monoisotopic (exact) mass is 455 g/mol. The molecule has 3 N–H and O–H groups in total. The molecule has 2 fully saturated rings. The van der Waals surface area contributed by atoms with Gasteiger partial charge in [-0.1, -0.05) is 12.1 Å². The van der Waals surface area contributed by atoms with Crippen LogP contribution in [0, 0.1) is 0 Å². The number of aromatic hydroxyl groups is 1. The minimum absolute atomic E-state index is 0.000127. The van der Waals surface area contributed by atoms with E-state index in [1.54, 1.807) is 35.1 Å². The fraction of sp³-hybridized carbons (Fsp3) is 0.435. The summed E-state index contributed by atoms with van der Waals surface area (Å²) in [5.74, 6) is -2.23. The molecule has 5 rings (SSSR count). The third-order valence-corrected chi connectivity index (χ3v) is 6.57. The Morgan fingerprint density at radius 1 is 1.09 bits per heavy atom. The zero-order valence-corrected chi connectivity index (χ0v) is 18.2. The molecule has 0 amide bonds. The fourth-order valence-electron chi connectivity index (χ4n) is 4.80. The molecule has 174 valence electrons. The van der Waals surface area contributed by atoms with Gasteiger partial charge in [0.25, 0.3) is 5.92 Å². The van der Waals surface area contributed by atoms with E-state index in [2.05, 4.69) is 20.2 Å². The zero-order chi connectivity index (χ0) is 23.0. The number of piperidine rings is 2. The highest BCUT2D eigenvalue weighted by Crippen LogP contribution is 2.32. The number of phenols is 1. The number of hydrogen-bond donors (Lipinski definition) is 2. The van der Waals surface area contributed by atoms with Crippen LogP contribution in [0.1, 0.15) is 25.7 Å². The van der Waals surface area contributed by atoms with Crippen molar-refractivity contribution >= 4 is 11.5 Å². The van der Waals surface area contributed by atoms with Crippen LogP contribution in [0.15, 0.2) is 42.7 Å². The number of benzene rings is 1. The topological polar surface area (TPSA) is 96.3 Å². The van der Waals surface area contributed by atoms with Gasteiger partial charge in [0.05, 0.1) is 30.3 Å². The van der Waals surface area contributed by atoms with Gasteiger partial charge in [0.15, 0.2) is 5.82 Å². The SMILES string of the molecule is Nc1nnc(-c2ccccc2O)cc1-n1cc(N2CCC(N3CCCC(F)(F)C3)CC2)cn1. The lowest BCUT2D eigenvalue weighted by molar-refractivity contribution is -0.0771. The molecule has 2 aromatic heterocycles. The molecule has 8 nitrogen and oxygen atoms in total. The summed E-state index contributed by atoms with van der Waals surface area (Å²) < 4.78 is 29.3. The molecule has 10 heteroatoms. The third kappa shape index (κ3) is 4.47. The van der Waals surface area contributed by atoms with Gasteiger partial charge in [0, 0.05) is 31.1 Å². The van der Waals surface area contributed by atoms with E-state index in [0.717, 1.165) is 38.2 Å². The van der Waals surface area contributed by atoms with Crippen LogP contribution in [0.2, 0.25) is 0 Å². The van der Waals surface area contributed by atoms with Crippen LogP contribution in [0.3, 0.4) is 0 Å². The number of phenolic OH excluding ortho intramolecular Hbond substituents is 1. The number of nitrogens with zero attached hydrogens (tertiary/aromatic N) is 6. The van der Waals surface area contributed by atoms with Crippen molar-refractivity contribution in [2.75, 3.05) is 36.8 Å². The van der Waals surface area contributed by atoms with Gasteiger partial charge in [0.2, 0.25) is 0 Å². The molecule has 0 aliphatic carbocycles. The first-order chi connectivity index (χ1) is 15.9. The molecule has 2 aliphatic heterocycles. The highest BCUT2D eigenvalue weighted by molar-refractivity contribution is 5.70. The van der Waals surface area contributed by atoms with Gasteiger partial charge < -0.3 is 15.7 Å². The maximum Gasteiger partial charge on any atom is 0.260 e. The lowest BCUT2D eigenvalue weighted by atomic mass is 9.98. The van der Waals surface area contributed by atoms with Crippen molar-refractivity contribution in [3.05, 3.63) is 42.7 Å². The molecule has 1 aromatic carbocycles. The second-order valence-electron chi connectivity index (χ2n) is 8.81. The van der Waals surface area contributed by atoms with Crippen molar-refractivity contribution in [2.45, 2.75) is 37.6 Å².